The van der Waals surface area contributed by atoms with Crippen LogP contribution < -0.4 is 37.1 Å². The second-order valence-electron chi connectivity index (χ2n) is 22.1. The van der Waals surface area contributed by atoms with Crippen LogP contribution in [0.1, 0.15) is 71.9 Å². The largest absolute Gasteiger partial charge is 0.489 e. The van der Waals surface area contributed by atoms with Gasteiger partial charge in [0.05, 0.1) is 12.6 Å². The van der Waals surface area contributed by atoms with E-state index < -0.39 is 77.9 Å². The van der Waals surface area contributed by atoms with E-state index in [9.17, 15) is 4.79 Å². The number of piperidine rings is 1. The monoisotopic (exact) mass is 1110 g/mol. The Balaban J connectivity index is 1.05. The van der Waals surface area contributed by atoms with Gasteiger partial charge in [-0.3, -0.25) is 28.8 Å². The number of H-pyrrole nitrogens is 1. The minimum Gasteiger partial charge on any atom is -0.489 e. The van der Waals surface area contributed by atoms with Crippen molar-refractivity contribution in [2.45, 2.75) is 114 Å². The number of hydrogen-bond acceptors (Lipinski definition) is 11. The maximum atomic E-state index is 15.9. The van der Waals surface area contributed by atoms with Crippen LogP contribution in [0.15, 0.2) is 140 Å². The molecule has 18 nitrogen and oxygen atoms in total. The smallest absolute Gasteiger partial charge is 0.407 e. The first-order valence-electron chi connectivity index (χ1n) is 28.8. The van der Waals surface area contributed by atoms with Crippen LogP contribution in [0.2, 0.25) is 0 Å². The molecule has 0 bridgehead atoms. The summed E-state index contributed by atoms with van der Waals surface area (Å²) in [5.41, 5.74) is 11.5. The molecule has 0 saturated carbocycles. The average Bonchev–Trinajstić information content (AvgIpc) is 4.30. The lowest BCUT2D eigenvalue weighted by Gasteiger charge is -2.40. The standard InChI is InChI=1S/C64H73N9O9/c65-27-30-67-64(80)82-50-36-56-61(77)69-53(24-21-41-11-3-1-4-12-41)60(76)70-54(33-48-37-68-52-18-10-9-17-51(48)52)58(74)35-47(31-43-25-28-66-29-26-43)59(75)71-55(32-42-19-22-49(23-20-42)81-40-44-13-5-2-6-14-44)62(78)72-38-46-16-8-7-15-45(46)34-57(72)63(79)73(56)39-50/h1-20,22-23,37,43,47,50,53-57,66,68H,21,24-36,38-40,65H2,(H,67,80)(H,69,77)(H,70,76)(H,71,75)/t47-,50-,53+,54-,55+,56+,57+/m1/s1. The van der Waals surface area contributed by atoms with E-state index in [4.69, 9.17) is 15.2 Å². The third-order valence-corrected chi connectivity index (χ3v) is 16.5. The maximum Gasteiger partial charge on any atom is 0.407 e. The minimum absolute atomic E-state index is 0.00438. The number of carbonyl (C=O) groups is 7. The van der Waals surface area contributed by atoms with Gasteiger partial charge < -0.3 is 56.6 Å². The number of nitrogens with two attached hydrogens (primary N) is 1. The molecule has 4 aliphatic heterocycles. The van der Waals surface area contributed by atoms with Gasteiger partial charge in [0.1, 0.15) is 42.6 Å². The number of ether oxygens (including phenoxy) is 2. The normalized spacial score (nSPS) is 23.1. The molecule has 7 atom stereocenters. The topological polar surface area (TPSA) is 246 Å². The highest BCUT2D eigenvalue weighted by atomic mass is 16.6. The van der Waals surface area contributed by atoms with Crippen LogP contribution in [0.4, 0.5) is 4.79 Å². The second-order valence-corrected chi connectivity index (χ2v) is 22.1. The molecule has 6 aromatic rings. The number of aromatic amines is 1. The van der Waals surface area contributed by atoms with Crippen LogP contribution in [0, 0.1) is 11.8 Å². The Labute approximate surface area is 477 Å². The molecule has 5 heterocycles. The van der Waals surface area contributed by atoms with Crippen molar-refractivity contribution in [1.29, 1.82) is 0 Å². The van der Waals surface area contributed by atoms with Crippen LogP contribution in [-0.2, 0) is 72.3 Å². The van der Waals surface area contributed by atoms with Crippen LogP contribution in [-0.4, -0.2) is 125 Å². The quantitative estimate of drug-likeness (QED) is 0.0704. The van der Waals surface area contributed by atoms with Crippen LogP contribution >= 0.6 is 0 Å². The van der Waals surface area contributed by atoms with Crippen molar-refractivity contribution in [2.75, 3.05) is 32.7 Å². The molecular weight excluding hydrogens is 1040 g/mol. The number of nitrogens with zero attached hydrogens (tertiary/aromatic N) is 2. The van der Waals surface area contributed by atoms with Crippen molar-refractivity contribution in [1.82, 2.24) is 41.4 Å². The lowest BCUT2D eigenvalue weighted by molar-refractivity contribution is -0.151. The first-order valence-corrected chi connectivity index (χ1v) is 28.8. The van der Waals surface area contributed by atoms with Gasteiger partial charge in [-0.15, -0.1) is 0 Å². The molecule has 18 heteroatoms. The summed E-state index contributed by atoms with van der Waals surface area (Å²) in [6, 6.07) is 35.7. The van der Waals surface area contributed by atoms with Crippen molar-refractivity contribution in [3.05, 3.63) is 173 Å². The molecule has 5 aromatic carbocycles. The molecule has 0 aliphatic carbocycles. The van der Waals surface area contributed by atoms with Crippen LogP contribution in [0.5, 0.6) is 5.75 Å². The highest BCUT2D eigenvalue weighted by Gasteiger charge is 2.48. The van der Waals surface area contributed by atoms with Gasteiger partial charge >= 0.3 is 6.09 Å². The zero-order valence-corrected chi connectivity index (χ0v) is 46.1. The van der Waals surface area contributed by atoms with Crippen molar-refractivity contribution in [3.8, 4) is 5.75 Å². The number of alkyl carbamates (subject to hydrolysis) is 1. The van der Waals surface area contributed by atoms with E-state index >= 15 is 28.8 Å². The number of rotatable bonds is 15. The lowest BCUT2D eigenvalue weighted by Crippen LogP contribution is -2.61. The van der Waals surface area contributed by atoms with Gasteiger partial charge in [-0.2, -0.15) is 0 Å². The van der Waals surface area contributed by atoms with Crippen molar-refractivity contribution < 1.29 is 43.0 Å². The first-order chi connectivity index (χ1) is 40.0. The van der Waals surface area contributed by atoms with E-state index in [1.54, 1.807) is 0 Å². The van der Waals surface area contributed by atoms with Gasteiger partial charge in [-0.05, 0) is 103 Å². The number of carbonyl (C=O) groups excluding carboxylic acids is 7. The molecular formula is C64H73N9O9. The molecule has 0 unspecified atom stereocenters. The third kappa shape index (κ3) is 14.2. The van der Waals surface area contributed by atoms with Gasteiger partial charge in [0, 0.05) is 74.8 Å². The van der Waals surface area contributed by atoms with Gasteiger partial charge in [-0.1, -0.05) is 115 Å². The van der Waals surface area contributed by atoms with Gasteiger partial charge in [0.15, 0.2) is 5.78 Å². The second kappa shape index (κ2) is 26.9. The number of para-hydroxylation sites is 1. The molecule has 0 radical (unpaired) electrons. The number of hydrogen-bond donors (Lipinski definition) is 7. The highest BCUT2D eigenvalue weighted by molar-refractivity contribution is 5.99. The van der Waals surface area contributed by atoms with E-state index in [-0.39, 0.29) is 76.4 Å². The summed E-state index contributed by atoms with van der Waals surface area (Å²) in [4.78, 5) is 112. The predicted molar refractivity (Wildman–Crippen MR) is 309 cm³/mol. The number of amides is 6. The summed E-state index contributed by atoms with van der Waals surface area (Å²) in [6.07, 6.45) is 2.22. The van der Waals surface area contributed by atoms with E-state index in [0.717, 1.165) is 64.7 Å². The number of aromatic nitrogens is 1. The zero-order valence-electron chi connectivity index (χ0n) is 46.1. The molecule has 82 heavy (non-hydrogen) atoms. The van der Waals surface area contributed by atoms with Crippen LogP contribution in [0.3, 0.4) is 0 Å². The maximum absolute atomic E-state index is 15.9. The van der Waals surface area contributed by atoms with E-state index in [1.807, 2.05) is 140 Å². The number of aryl methyl sites for hydroxylation is 1. The fourth-order valence-electron chi connectivity index (χ4n) is 12.0. The Morgan fingerprint density at radius 3 is 2.09 bits per heavy atom. The fraction of sp³-hybridized carbons (Fsp3) is 0.391. The number of fused-ring (bicyclic) bond motifs is 4. The molecule has 8 N–H and O–H groups in total. The first kappa shape index (κ1) is 56.9. The minimum atomic E-state index is -1.27. The van der Waals surface area contributed by atoms with Gasteiger partial charge in [0.25, 0.3) is 0 Å². The summed E-state index contributed by atoms with van der Waals surface area (Å²) < 4.78 is 12.0. The highest BCUT2D eigenvalue weighted by Crippen LogP contribution is 2.32. The molecule has 6 amide bonds. The molecule has 10 rings (SSSR count). The van der Waals surface area contributed by atoms with Crippen molar-refractivity contribution in [3.63, 3.8) is 0 Å². The Hall–Kier alpha value is -8.35. The van der Waals surface area contributed by atoms with E-state index in [2.05, 4.69) is 31.6 Å². The lowest BCUT2D eigenvalue weighted by atomic mass is 9.83. The summed E-state index contributed by atoms with van der Waals surface area (Å²) in [6.45, 7) is 1.91. The number of benzene rings is 5. The van der Waals surface area contributed by atoms with Crippen molar-refractivity contribution >= 4 is 52.3 Å². The molecule has 1 aromatic heterocycles. The van der Waals surface area contributed by atoms with Crippen LogP contribution in [0.25, 0.3) is 10.9 Å². The van der Waals surface area contributed by atoms with Gasteiger partial charge in [-0.25, -0.2) is 4.79 Å². The Morgan fingerprint density at radius 2 is 1.33 bits per heavy atom. The summed E-state index contributed by atoms with van der Waals surface area (Å²) >= 11 is 0. The summed E-state index contributed by atoms with van der Waals surface area (Å²) in [7, 11) is 0. The summed E-state index contributed by atoms with van der Waals surface area (Å²) in [5, 5.41) is 16.1. The number of Topliss-reactive ketones (excluding diaryl/α,β-unsaturated/α-hetero) is 1. The Bertz CT molecular complexity index is 3200. The molecule has 0 spiro atoms. The fourth-order valence-corrected chi connectivity index (χ4v) is 12.0. The van der Waals surface area contributed by atoms with E-state index in [0.29, 0.717) is 30.8 Å². The number of ketones is 1. The average molecular weight is 1110 g/mol. The number of nitrogens with one attached hydrogen (secondary N) is 6. The SMILES string of the molecule is NCCNC(=O)O[C@@H]1C[C@H]2C(=O)N[C@@H](CCc3ccccc3)C(=O)N[C@H](Cc3c[nH]c4ccccc34)C(=O)C[C@@H](CC3CCNCC3)C(=O)N[C@@H](Cc3ccc(OCc4ccccc4)cc3)C(=O)N3Cc4ccccc4C[C@H]3C(=O)N2C1. The van der Waals surface area contributed by atoms with Crippen molar-refractivity contribution in [2.24, 2.45) is 17.6 Å². The molecule has 4 aliphatic rings. The van der Waals surface area contributed by atoms with E-state index in [1.165, 1.54) is 9.80 Å². The zero-order chi connectivity index (χ0) is 57.0. The summed E-state index contributed by atoms with van der Waals surface area (Å²) in [5.74, 6) is -3.51. The van der Waals surface area contributed by atoms with Gasteiger partial charge in [0.2, 0.25) is 29.5 Å². The molecule has 3 fully saturated rings. The third-order valence-electron chi connectivity index (χ3n) is 16.5. The predicted octanol–water partition coefficient (Wildman–Crippen LogP) is 5.21. The molecule has 428 valence electrons. The molecule has 3 saturated heterocycles. The Kier molecular flexibility index (Phi) is 18.7. The Morgan fingerprint density at radius 1 is 0.646 bits per heavy atom.